The van der Waals surface area contributed by atoms with Gasteiger partial charge in [-0.3, -0.25) is 0 Å². The van der Waals surface area contributed by atoms with E-state index in [2.05, 4.69) is 134 Å². The Morgan fingerprint density at radius 1 is 0.521 bits per heavy atom. The third-order valence-electron chi connectivity index (χ3n) is 10.1. The molecule has 0 spiro atoms. The van der Waals surface area contributed by atoms with Crippen LogP contribution in [0.25, 0.3) is 66.4 Å². The fourth-order valence-electron chi connectivity index (χ4n) is 7.66. The van der Waals surface area contributed by atoms with E-state index in [1.165, 1.54) is 22.3 Å². The molecule has 0 saturated carbocycles. The van der Waals surface area contributed by atoms with Crippen LogP contribution in [0.4, 0.5) is 17.1 Å². The summed E-state index contributed by atoms with van der Waals surface area (Å²) in [6, 6.07) is 51.3. The Balaban J connectivity index is 1.12. The largest absolute Gasteiger partial charge is 0.456 e. The predicted molar refractivity (Wildman–Crippen MR) is 196 cm³/mol. The highest BCUT2D eigenvalue weighted by Crippen LogP contribution is 2.51. The fraction of sp³-hybridized carbons (Fsp3) is 0.0682. The first-order valence-electron chi connectivity index (χ1n) is 16.4. The van der Waals surface area contributed by atoms with Gasteiger partial charge in [0, 0.05) is 44.2 Å². The van der Waals surface area contributed by atoms with Crippen molar-refractivity contribution in [3.63, 3.8) is 0 Å². The van der Waals surface area contributed by atoms with Crippen LogP contribution < -0.4 is 4.90 Å². The molecule has 7 aromatic carbocycles. The van der Waals surface area contributed by atoms with Crippen molar-refractivity contribution in [1.29, 1.82) is 0 Å². The lowest BCUT2D eigenvalue weighted by atomic mass is 9.82. The number of nitrogens with zero attached hydrogens (tertiary/aromatic N) is 2. The normalized spacial score (nSPS) is 13.4. The molecule has 2 heterocycles. The second kappa shape index (κ2) is 9.93. The molecule has 0 saturated heterocycles. The van der Waals surface area contributed by atoms with E-state index in [1.54, 1.807) is 0 Å². The van der Waals surface area contributed by atoms with Crippen molar-refractivity contribution in [2.45, 2.75) is 19.3 Å². The molecule has 0 atom stereocenters. The van der Waals surface area contributed by atoms with Crippen LogP contribution in [0.15, 0.2) is 154 Å². The van der Waals surface area contributed by atoms with Crippen LogP contribution in [0.2, 0.25) is 0 Å². The number of fused-ring (bicyclic) bond motifs is 9. The van der Waals surface area contributed by atoms with Crippen molar-refractivity contribution in [1.82, 2.24) is 4.98 Å². The summed E-state index contributed by atoms with van der Waals surface area (Å²) in [6.07, 6.45) is 0. The molecule has 228 valence electrons. The summed E-state index contributed by atoms with van der Waals surface area (Å²) in [7, 11) is 0. The van der Waals surface area contributed by atoms with E-state index in [0.29, 0.717) is 5.89 Å². The van der Waals surface area contributed by atoms with Gasteiger partial charge in [0.05, 0.1) is 0 Å². The number of anilines is 3. The van der Waals surface area contributed by atoms with E-state index in [0.717, 1.165) is 66.4 Å². The Morgan fingerprint density at radius 3 is 2.10 bits per heavy atom. The Bertz CT molecular complexity index is 2710. The minimum Gasteiger partial charge on any atom is -0.456 e. The van der Waals surface area contributed by atoms with Crippen LogP contribution in [0.5, 0.6) is 0 Å². The first-order chi connectivity index (χ1) is 23.5. The standard InChI is InChI=1S/C44H30N2O2/c1-44(2)37-13-7-5-11-33(37)34-22-20-31(26-38(34)44)46(30-21-24-41-36(25-30)35-12-6-8-14-40(35)47-41)29-18-15-28(16-19-29)43-45-39-23-17-27-9-3-4-10-32(27)42(39)48-43/h3-26H,1-2H3. The SMILES string of the molecule is CC1(C)c2ccccc2-c2ccc(N(c3ccc(-c4nc5ccc6ccccc6c5o4)cc3)c3ccc4oc5ccccc5c4c3)cc21. The van der Waals surface area contributed by atoms with Gasteiger partial charge in [-0.05, 0) is 94.4 Å². The van der Waals surface area contributed by atoms with E-state index in [1.807, 2.05) is 30.3 Å². The quantitative estimate of drug-likeness (QED) is 0.197. The van der Waals surface area contributed by atoms with Gasteiger partial charge in [0.15, 0.2) is 5.58 Å². The number of aromatic nitrogens is 1. The molecule has 10 rings (SSSR count). The van der Waals surface area contributed by atoms with E-state index in [-0.39, 0.29) is 5.41 Å². The van der Waals surface area contributed by atoms with Gasteiger partial charge in [0.1, 0.15) is 16.7 Å². The Morgan fingerprint density at radius 2 is 1.21 bits per heavy atom. The van der Waals surface area contributed by atoms with E-state index < -0.39 is 0 Å². The number of benzene rings is 7. The molecule has 0 bridgehead atoms. The maximum absolute atomic E-state index is 6.39. The summed E-state index contributed by atoms with van der Waals surface area (Å²) < 4.78 is 12.6. The van der Waals surface area contributed by atoms with E-state index in [9.17, 15) is 0 Å². The highest BCUT2D eigenvalue weighted by atomic mass is 16.3. The Labute approximate surface area is 277 Å². The summed E-state index contributed by atoms with van der Waals surface area (Å²) in [6.45, 7) is 4.65. The number of para-hydroxylation sites is 1. The van der Waals surface area contributed by atoms with Crippen molar-refractivity contribution in [3.05, 3.63) is 157 Å². The number of oxazole rings is 1. The molecule has 0 aliphatic heterocycles. The van der Waals surface area contributed by atoms with Crippen molar-refractivity contribution < 1.29 is 8.83 Å². The summed E-state index contributed by atoms with van der Waals surface area (Å²) in [5, 5.41) is 4.41. The monoisotopic (exact) mass is 618 g/mol. The molecule has 0 radical (unpaired) electrons. The third kappa shape index (κ3) is 3.93. The van der Waals surface area contributed by atoms with Crippen LogP contribution >= 0.6 is 0 Å². The smallest absolute Gasteiger partial charge is 0.227 e. The van der Waals surface area contributed by atoms with E-state index >= 15 is 0 Å². The van der Waals surface area contributed by atoms with Crippen molar-refractivity contribution in [2.75, 3.05) is 4.90 Å². The van der Waals surface area contributed by atoms with Gasteiger partial charge in [-0.1, -0.05) is 92.7 Å². The molecule has 0 amide bonds. The van der Waals surface area contributed by atoms with Crippen LogP contribution in [-0.2, 0) is 5.41 Å². The average Bonchev–Trinajstić information content (AvgIpc) is 3.80. The van der Waals surface area contributed by atoms with Gasteiger partial charge in [0.25, 0.3) is 0 Å². The molecular formula is C44H30N2O2. The first kappa shape index (κ1) is 27.0. The number of hydrogen-bond donors (Lipinski definition) is 0. The maximum Gasteiger partial charge on any atom is 0.227 e. The van der Waals surface area contributed by atoms with Gasteiger partial charge in [-0.15, -0.1) is 0 Å². The average molecular weight is 619 g/mol. The molecule has 48 heavy (non-hydrogen) atoms. The van der Waals surface area contributed by atoms with Crippen LogP contribution in [-0.4, -0.2) is 4.98 Å². The van der Waals surface area contributed by atoms with Crippen molar-refractivity contribution in [2.24, 2.45) is 0 Å². The van der Waals surface area contributed by atoms with Gasteiger partial charge in [-0.25, -0.2) is 4.98 Å². The Kier molecular flexibility index (Phi) is 5.59. The summed E-state index contributed by atoms with van der Waals surface area (Å²) >= 11 is 0. The summed E-state index contributed by atoms with van der Waals surface area (Å²) in [5.41, 5.74) is 12.8. The Hall–Kier alpha value is -6.13. The molecule has 4 nitrogen and oxygen atoms in total. The third-order valence-corrected chi connectivity index (χ3v) is 10.1. The molecule has 0 fully saturated rings. The lowest BCUT2D eigenvalue weighted by molar-refractivity contribution is 0.623. The molecule has 9 aromatic rings. The zero-order chi connectivity index (χ0) is 32.0. The lowest BCUT2D eigenvalue weighted by Gasteiger charge is -2.28. The highest BCUT2D eigenvalue weighted by molar-refractivity contribution is 6.07. The summed E-state index contributed by atoms with van der Waals surface area (Å²) in [4.78, 5) is 7.20. The van der Waals surface area contributed by atoms with Crippen LogP contribution in [0.1, 0.15) is 25.0 Å². The second-order valence-corrected chi connectivity index (χ2v) is 13.2. The van der Waals surface area contributed by atoms with Crippen molar-refractivity contribution >= 4 is 60.9 Å². The van der Waals surface area contributed by atoms with Gasteiger partial charge < -0.3 is 13.7 Å². The molecular weight excluding hydrogens is 588 g/mol. The molecule has 0 unspecified atom stereocenters. The molecule has 4 heteroatoms. The molecule has 0 N–H and O–H groups in total. The number of rotatable bonds is 4. The zero-order valence-electron chi connectivity index (χ0n) is 26.6. The molecule has 1 aliphatic carbocycles. The second-order valence-electron chi connectivity index (χ2n) is 13.2. The zero-order valence-corrected chi connectivity index (χ0v) is 26.6. The predicted octanol–water partition coefficient (Wildman–Crippen LogP) is 12.3. The van der Waals surface area contributed by atoms with Crippen LogP contribution in [0.3, 0.4) is 0 Å². The van der Waals surface area contributed by atoms with Gasteiger partial charge >= 0.3 is 0 Å². The first-order valence-corrected chi connectivity index (χ1v) is 16.4. The minimum atomic E-state index is -0.112. The highest BCUT2D eigenvalue weighted by Gasteiger charge is 2.35. The minimum absolute atomic E-state index is 0.112. The van der Waals surface area contributed by atoms with Gasteiger partial charge in [0.2, 0.25) is 5.89 Å². The number of hydrogen-bond acceptors (Lipinski definition) is 4. The lowest BCUT2D eigenvalue weighted by Crippen LogP contribution is -2.16. The summed E-state index contributed by atoms with van der Waals surface area (Å²) in [5.74, 6) is 0.614. The molecule has 1 aliphatic rings. The maximum atomic E-state index is 6.39. The number of furan rings is 1. The van der Waals surface area contributed by atoms with Crippen LogP contribution in [0, 0.1) is 0 Å². The topological polar surface area (TPSA) is 42.4 Å². The van der Waals surface area contributed by atoms with Crippen molar-refractivity contribution in [3.8, 4) is 22.6 Å². The molecule has 2 aromatic heterocycles. The van der Waals surface area contributed by atoms with E-state index in [4.69, 9.17) is 13.8 Å². The van der Waals surface area contributed by atoms with Gasteiger partial charge in [-0.2, -0.15) is 0 Å². The fourth-order valence-corrected chi connectivity index (χ4v) is 7.66.